The van der Waals surface area contributed by atoms with E-state index in [1.54, 1.807) is 0 Å². The van der Waals surface area contributed by atoms with Crippen molar-refractivity contribution < 1.29 is 0 Å². The number of fused-ring (bicyclic) bond motifs is 7. The monoisotopic (exact) mass is 688 g/mol. The van der Waals surface area contributed by atoms with Gasteiger partial charge in [-0.15, -0.1) is 0 Å². The van der Waals surface area contributed by atoms with E-state index in [1.807, 2.05) is 0 Å². The van der Waals surface area contributed by atoms with Crippen LogP contribution in [0.15, 0.2) is 194 Å². The van der Waals surface area contributed by atoms with Crippen molar-refractivity contribution in [3.05, 3.63) is 211 Å². The van der Waals surface area contributed by atoms with Crippen LogP contribution in [0.25, 0.3) is 71.3 Å². The van der Waals surface area contributed by atoms with E-state index in [4.69, 9.17) is 0 Å². The Hall–Kier alpha value is -6.90. The number of nitrogens with one attached hydrogen (secondary N) is 1. The highest BCUT2D eigenvalue weighted by molar-refractivity contribution is 6.18. The maximum Gasteiger partial charge on any atom is 0.0541 e. The van der Waals surface area contributed by atoms with Gasteiger partial charge in [0, 0.05) is 44.7 Å². The lowest BCUT2D eigenvalue weighted by atomic mass is 9.84. The van der Waals surface area contributed by atoms with Crippen molar-refractivity contribution in [2.75, 3.05) is 5.32 Å². The fraction of sp³-hybridized carbons (Fsp3) is 0.0385. The standard InChI is InChI=1S/C52H36N2/c1-3-12-36(13-4-1)44(30-34-22-29-50-45(31-34)43-19-9-10-21-49(43)54(50)41-16-5-2-6-17-41)38-25-23-35(24-26-38)40-32-39-15-11-20-47-51(39)46(33-40)52-42-18-8-7-14-37(42)27-28-48(52)53-47/h1-29,31-33,44,53H,30H2. The molecule has 2 heteroatoms. The van der Waals surface area contributed by atoms with Crippen molar-refractivity contribution in [3.8, 4) is 27.9 Å². The average Bonchev–Trinajstić information content (AvgIpc) is 3.57. The van der Waals surface area contributed by atoms with Gasteiger partial charge in [0.25, 0.3) is 0 Å². The second-order valence-electron chi connectivity index (χ2n) is 14.6. The third-order valence-electron chi connectivity index (χ3n) is 11.5. The van der Waals surface area contributed by atoms with E-state index < -0.39 is 0 Å². The first-order chi connectivity index (χ1) is 26.8. The van der Waals surface area contributed by atoms with Crippen molar-refractivity contribution in [3.63, 3.8) is 0 Å². The SMILES string of the molecule is c1ccc(C(Cc2ccc3c(c2)c2ccccc2n3-c2ccccc2)c2ccc(-c3cc4c5c(cccc5c3)Nc3ccc5ccccc5c3-4)cc2)cc1. The molecule has 2 heterocycles. The number of aromatic nitrogens is 1. The van der Waals surface area contributed by atoms with Crippen LogP contribution in [0, 0.1) is 0 Å². The van der Waals surface area contributed by atoms with Gasteiger partial charge in [-0.05, 0) is 111 Å². The number of benzene rings is 9. The molecule has 0 bridgehead atoms. The number of hydrogen-bond donors (Lipinski definition) is 1. The van der Waals surface area contributed by atoms with Crippen LogP contribution in [0.5, 0.6) is 0 Å². The van der Waals surface area contributed by atoms with E-state index in [-0.39, 0.29) is 5.92 Å². The first kappa shape index (κ1) is 30.7. The fourth-order valence-electron chi connectivity index (χ4n) is 8.97. The highest BCUT2D eigenvalue weighted by atomic mass is 15.0. The van der Waals surface area contributed by atoms with E-state index in [0.29, 0.717) is 0 Å². The zero-order chi connectivity index (χ0) is 35.6. The Balaban J connectivity index is 0.997. The zero-order valence-electron chi connectivity index (χ0n) is 29.7. The first-order valence-electron chi connectivity index (χ1n) is 18.9. The van der Waals surface area contributed by atoms with Gasteiger partial charge in [0.15, 0.2) is 0 Å². The van der Waals surface area contributed by atoms with Crippen molar-refractivity contribution in [1.82, 2.24) is 4.57 Å². The van der Waals surface area contributed by atoms with Gasteiger partial charge >= 0.3 is 0 Å². The molecule has 0 spiro atoms. The molecule has 54 heavy (non-hydrogen) atoms. The average molecular weight is 689 g/mol. The van der Waals surface area contributed by atoms with Gasteiger partial charge in [-0.1, -0.05) is 140 Å². The molecule has 1 aliphatic heterocycles. The molecule has 1 atom stereocenters. The molecule has 1 N–H and O–H groups in total. The summed E-state index contributed by atoms with van der Waals surface area (Å²) in [7, 11) is 0. The van der Waals surface area contributed by atoms with Gasteiger partial charge in [-0.25, -0.2) is 0 Å². The third-order valence-corrected chi connectivity index (χ3v) is 11.5. The molecule has 2 nitrogen and oxygen atoms in total. The minimum Gasteiger partial charge on any atom is -0.354 e. The van der Waals surface area contributed by atoms with Crippen molar-refractivity contribution in [1.29, 1.82) is 0 Å². The topological polar surface area (TPSA) is 17.0 Å². The lowest BCUT2D eigenvalue weighted by Gasteiger charge is -2.25. The maximum absolute atomic E-state index is 3.74. The first-order valence-corrected chi connectivity index (χ1v) is 18.9. The Labute approximate surface area is 314 Å². The second-order valence-corrected chi connectivity index (χ2v) is 14.6. The predicted octanol–water partition coefficient (Wildman–Crippen LogP) is 13.9. The molecule has 0 radical (unpaired) electrons. The summed E-state index contributed by atoms with van der Waals surface area (Å²) in [6, 6.07) is 71.4. The smallest absolute Gasteiger partial charge is 0.0541 e. The molecule has 254 valence electrons. The summed E-state index contributed by atoms with van der Waals surface area (Å²) in [5.41, 5.74) is 15.0. The molecule has 10 aromatic rings. The van der Waals surface area contributed by atoms with Gasteiger partial charge in [0.2, 0.25) is 0 Å². The highest BCUT2D eigenvalue weighted by Gasteiger charge is 2.22. The Morgan fingerprint density at radius 3 is 2.00 bits per heavy atom. The molecule has 1 aliphatic rings. The summed E-state index contributed by atoms with van der Waals surface area (Å²) in [5, 5.41) is 11.4. The van der Waals surface area contributed by atoms with E-state index in [2.05, 4.69) is 204 Å². The number of para-hydroxylation sites is 2. The van der Waals surface area contributed by atoms with Crippen molar-refractivity contribution in [2.45, 2.75) is 12.3 Å². The number of rotatable bonds is 6. The molecule has 0 saturated heterocycles. The second kappa shape index (κ2) is 12.4. The number of hydrogen-bond acceptors (Lipinski definition) is 1. The lowest BCUT2D eigenvalue weighted by molar-refractivity contribution is 0.806. The van der Waals surface area contributed by atoms with Crippen LogP contribution in [-0.2, 0) is 6.42 Å². The summed E-state index contributed by atoms with van der Waals surface area (Å²) < 4.78 is 2.39. The van der Waals surface area contributed by atoms with E-state index in [9.17, 15) is 0 Å². The zero-order valence-corrected chi connectivity index (χ0v) is 29.7. The van der Waals surface area contributed by atoms with Crippen molar-refractivity contribution in [2.24, 2.45) is 0 Å². The van der Waals surface area contributed by atoms with Crippen LogP contribution in [0.3, 0.4) is 0 Å². The molecule has 0 amide bonds. The van der Waals surface area contributed by atoms with Gasteiger partial charge in [-0.2, -0.15) is 0 Å². The normalized spacial score (nSPS) is 12.6. The van der Waals surface area contributed by atoms with Crippen LogP contribution in [0.2, 0.25) is 0 Å². The predicted molar refractivity (Wildman–Crippen MR) is 228 cm³/mol. The molecule has 0 fully saturated rings. The van der Waals surface area contributed by atoms with Crippen LogP contribution in [0.1, 0.15) is 22.6 Å². The fourth-order valence-corrected chi connectivity index (χ4v) is 8.97. The summed E-state index contributed by atoms with van der Waals surface area (Å²) in [4.78, 5) is 0. The van der Waals surface area contributed by atoms with Crippen LogP contribution < -0.4 is 5.32 Å². The molecule has 9 aromatic carbocycles. The van der Waals surface area contributed by atoms with Gasteiger partial charge in [0.05, 0.1) is 11.0 Å². The largest absolute Gasteiger partial charge is 0.354 e. The van der Waals surface area contributed by atoms with E-state index in [1.165, 1.54) is 93.7 Å². The number of nitrogens with zero attached hydrogens (tertiary/aromatic N) is 1. The summed E-state index contributed by atoms with van der Waals surface area (Å²) >= 11 is 0. The van der Waals surface area contributed by atoms with E-state index >= 15 is 0 Å². The molecular formula is C52H36N2. The highest BCUT2D eigenvalue weighted by Crippen LogP contribution is 2.48. The minimum absolute atomic E-state index is 0.213. The van der Waals surface area contributed by atoms with Gasteiger partial charge in [0.1, 0.15) is 0 Å². The van der Waals surface area contributed by atoms with Gasteiger partial charge in [-0.3, -0.25) is 0 Å². The molecular weight excluding hydrogens is 653 g/mol. The minimum atomic E-state index is 0.213. The van der Waals surface area contributed by atoms with Crippen LogP contribution in [0.4, 0.5) is 11.4 Å². The quantitative estimate of drug-likeness (QED) is 0.184. The van der Waals surface area contributed by atoms with Gasteiger partial charge < -0.3 is 9.88 Å². The Kier molecular flexibility index (Phi) is 7.03. The van der Waals surface area contributed by atoms with E-state index in [0.717, 1.165) is 12.1 Å². The molecule has 1 unspecified atom stereocenters. The Morgan fingerprint density at radius 2 is 1.15 bits per heavy atom. The Morgan fingerprint density at radius 1 is 0.444 bits per heavy atom. The summed E-state index contributed by atoms with van der Waals surface area (Å²) in [6.07, 6.45) is 0.907. The molecule has 0 aliphatic carbocycles. The maximum atomic E-state index is 3.74. The molecule has 0 saturated carbocycles. The molecule has 1 aromatic heterocycles. The Bertz CT molecular complexity index is 3030. The molecule has 11 rings (SSSR count). The lowest BCUT2D eigenvalue weighted by Crippen LogP contribution is -2.05. The van der Waals surface area contributed by atoms with Crippen molar-refractivity contribution >= 4 is 54.7 Å². The third kappa shape index (κ3) is 4.95. The summed E-state index contributed by atoms with van der Waals surface area (Å²) in [6.45, 7) is 0. The van der Waals surface area contributed by atoms with Crippen LogP contribution in [-0.4, -0.2) is 4.57 Å². The summed E-state index contributed by atoms with van der Waals surface area (Å²) in [5.74, 6) is 0.213. The van der Waals surface area contributed by atoms with Crippen LogP contribution >= 0.6 is 0 Å². The number of anilines is 2.